The van der Waals surface area contributed by atoms with Crippen LogP contribution in [0.3, 0.4) is 0 Å². The first-order valence-electron chi connectivity index (χ1n) is 15.5. The van der Waals surface area contributed by atoms with Crippen molar-refractivity contribution < 1.29 is 19.1 Å². The predicted octanol–water partition coefficient (Wildman–Crippen LogP) is 5.52. The number of hydroxylamine groups is 2. The largest absolute Gasteiger partial charge is 0.497 e. The zero-order chi connectivity index (χ0) is 29.8. The van der Waals surface area contributed by atoms with Crippen LogP contribution in [0.25, 0.3) is 11.2 Å². The maximum atomic E-state index is 12.6. The molecule has 2 saturated carbocycles. The predicted molar refractivity (Wildman–Crippen MR) is 179 cm³/mol. The molecule has 1 saturated heterocycles. The number of rotatable bonds is 9. The van der Waals surface area contributed by atoms with Crippen LogP contribution in [0.5, 0.6) is 11.5 Å². The van der Waals surface area contributed by atoms with E-state index < -0.39 is 6.09 Å². The summed E-state index contributed by atoms with van der Waals surface area (Å²) in [5.41, 5.74) is 8.33. The molecule has 1 amide bonds. The molecule has 13 nitrogen and oxygen atoms in total. The van der Waals surface area contributed by atoms with Crippen LogP contribution in [0.4, 0.5) is 22.2 Å². The number of nitrogens with one attached hydrogen (secondary N) is 3. The molecule has 2 aromatic heterocycles. The molecule has 0 bridgehead atoms. The number of anilines is 3. The molecule has 1 aliphatic heterocycles. The molecule has 0 radical (unpaired) electrons. The molecule has 0 spiro atoms. The highest BCUT2D eigenvalue weighted by atomic mass is 35.5. The highest BCUT2D eigenvalue weighted by molar-refractivity contribution is 5.87. The number of nitrogens with two attached hydrogens (primary N) is 1. The first kappa shape index (κ1) is 34.6. The molecule has 0 unspecified atom stereocenters. The van der Waals surface area contributed by atoms with Crippen molar-refractivity contribution in [3.63, 3.8) is 0 Å². The monoisotopic (exact) mass is 665 g/mol. The topological polar surface area (TPSA) is 154 Å². The second-order valence-corrected chi connectivity index (χ2v) is 11.8. The van der Waals surface area contributed by atoms with Gasteiger partial charge in [0.1, 0.15) is 11.5 Å². The van der Waals surface area contributed by atoms with Crippen molar-refractivity contribution in [2.45, 2.75) is 88.4 Å². The molecule has 45 heavy (non-hydrogen) atoms. The number of amides is 1. The summed E-state index contributed by atoms with van der Waals surface area (Å²) in [6.45, 7) is 1.17. The highest BCUT2D eigenvalue weighted by Gasteiger charge is 2.27. The molecule has 2 aliphatic carbocycles. The minimum Gasteiger partial charge on any atom is -0.497 e. The molecule has 248 valence electrons. The lowest BCUT2D eigenvalue weighted by atomic mass is 9.92. The SMILES string of the molecule is COc1ccc(NC(=O)ON2CCC(Nc3nc(N[C@H]4CC[C@H](N)CC4)nc4c3ncn4C3CCCC3)CC2)c(OC)c1.Cl.Cl. The van der Waals surface area contributed by atoms with Crippen molar-refractivity contribution in [3.05, 3.63) is 24.5 Å². The number of piperidine rings is 1. The molecule has 0 atom stereocenters. The number of hydrogen-bond acceptors (Lipinski definition) is 11. The fraction of sp³-hybridized carbons (Fsp3) is 0.600. The summed E-state index contributed by atoms with van der Waals surface area (Å²) in [7, 11) is 3.12. The van der Waals surface area contributed by atoms with Crippen molar-refractivity contribution in [2.24, 2.45) is 5.73 Å². The van der Waals surface area contributed by atoms with E-state index in [-0.39, 0.29) is 36.9 Å². The van der Waals surface area contributed by atoms with Gasteiger partial charge in [-0.3, -0.25) is 5.32 Å². The summed E-state index contributed by atoms with van der Waals surface area (Å²) in [5, 5.41) is 11.7. The Labute approximate surface area is 276 Å². The molecule has 3 fully saturated rings. The number of methoxy groups -OCH3 is 2. The Morgan fingerprint density at radius 1 is 0.911 bits per heavy atom. The van der Waals surface area contributed by atoms with Crippen LogP contribution in [-0.4, -0.2) is 76.1 Å². The van der Waals surface area contributed by atoms with Gasteiger partial charge in [0.05, 0.1) is 26.2 Å². The highest BCUT2D eigenvalue weighted by Crippen LogP contribution is 2.34. The van der Waals surface area contributed by atoms with E-state index in [4.69, 9.17) is 35.0 Å². The van der Waals surface area contributed by atoms with E-state index in [0.29, 0.717) is 48.3 Å². The molecule has 3 heterocycles. The van der Waals surface area contributed by atoms with Crippen LogP contribution in [0.1, 0.15) is 70.3 Å². The van der Waals surface area contributed by atoms with Crippen LogP contribution < -0.4 is 31.2 Å². The smallest absolute Gasteiger partial charge is 0.430 e. The summed E-state index contributed by atoms with van der Waals surface area (Å²) >= 11 is 0. The Morgan fingerprint density at radius 3 is 2.31 bits per heavy atom. The van der Waals surface area contributed by atoms with Gasteiger partial charge in [-0.2, -0.15) is 9.97 Å². The van der Waals surface area contributed by atoms with E-state index in [1.165, 1.54) is 12.8 Å². The molecule has 3 aromatic rings. The van der Waals surface area contributed by atoms with Crippen LogP contribution >= 0.6 is 24.8 Å². The van der Waals surface area contributed by atoms with Crippen molar-refractivity contribution in [2.75, 3.05) is 43.3 Å². The standard InChI is InChI=1S/C30H43N9O4.2ClH/c1-41-23-11-12-24(25(17-23)42-2)35-30(40)43-38-15-13-21(14-16-38)33-27-26-28(39(18-32-26)22-5-3-4-6-22)37-29(36-27)34-20-9-7-19(31)8-10-20;;/h11-12,17-22H,3-10,13-16,31H2,1-2H3,(H,35,40)(H2,33,34,36,37);2*1H/t19-,20-;;. The van der Waals surface area contributed by atoms with E-state index in [9.17, 15) is 4.79 Å². The Morgan fingerprint density at radius 2 is 1.62 bits per heavy atom. The van der Waals surface area contributed by atoms with E-state index >= 15 is 0 Å². The first-order chi connectivity index (χ1) is 21.0. The lowest BCUT2D eigenvalue weighted by Crippen LogP contribution is -2.41. The third kappa shape index (κ3) is 8.32. The van der Waals surface area contributed by atoms with E-state index in [2.05, 4.69) is 20.5 Å². The van der Waals surface area contributed by atoms with Crippen molar-refractivity contribution in [1.82, 2.24) is 24.6 Å². The minimum atomic E-state index is -0.566. The number of benzene rings is 1. The molecule has 15 heteroatoms. The van der Waals surface area contributed by atoms with Crippen LogP contribution in [0.15, 0.2) is 24.5 Å². The van der Waals surface area contributed by atoms with Gasteiger partial charge in [-0.1, -0.05) is 12.8 Å². The second-order valence-electron chi connectivity index (χ2n) is 11.8. The summed E-state index contributed by atoms with van der Waals surface area (Å²) in [6.07, 6.45) is 11.7. The minimum absolute atomic E-state index is 0. The number of ether oxygens (including phenoxy) is 2. The summed E-state index contributed by atoms with van der Waals surface area (Å²) in [6, 6.07) is 6.36. The number of halogens is 2. The molecular weight excluding hydrogens is 621 g/mol. The van der Waals surface area contributed by atoms with Gasteiger partial charge in [0.15, 0.2) is 17.0 Å². The molecule has 1 aromatic carbocycles. The maximum Gasteiger partial charge on any atom is 0.430 e. The van der Waals surface area contributed by atoms with E-state index in [1.807, 2.05) is 6.33 Å². The van der Waals surface area contributed by atoms with Gasteiger partial charge >= 0.3 is 6.09 Å². The maximum absolute atomic E-state index is 12.6. The number of fused-ring (bicyclic) bond motifs is 1. The molecule has 5 N–H and O–H groups in total. The first-order valence-corrected chi connectivity index (χ1v) is 15.5. The Kier molecular flexibility index (Phi) is 12.2. The lowest BCUT2D eigenvalue weighted by Gasteiger charge is -2.31. The van der Waals surface area contributed by atoms with Crippen molar-refractivity contribution in [3.8, 4) is 11.5 Å². The van der Waals surface area contributed by atoms with Gasteiger partial charge in [-0.15, -0.1) is 29.9 Å². The number of imidazole rings is 1. The van der Waals surface area contributed by atoms with Gasteiger partial charge in [0, 0.05) is 43.3 Å². The third-order valence-electron chi connectivity index (χ3n) is 8.90. The van der Waals surface area contributed by atoms with Crippen molar-refractivity contribution in [1.29, 1.82) is 0 Å². The number of aromatic nitrogens is 4. The summed E-state index contributed by atoms with van der Waals surface area (Å²) in [5.74, 6) is 2.52. The van der Waals surface area contributed by atoms with Crippen LogP contribution in [0.2, 0.25) is 0 Å². The average molecular weight is 667 g/mol. The Balaban J connectivity index is 0.00000230. The van der Waals surface area contributed by atoms with Crippen LogP contribution in [0, 0.1) is 0 Å². The summed E-state index contributed by atoms with van der Waals surface area (Å²) in [4.78, 5) is 32.9. The second kappa shape index (κ2) is 15.8. The molecule has 3 aliphatic rings. The van der Waals surface area contributed by atoms with E-state index in [0.717, 1.165) is 68.3 Å². The zero-order valence-corrected chi connectivity index (χ0v) is 27.5. The zero-order valence-electron chi connectivity index (χ0n) is 25.9. The number of hydrogen-bond donors (Lipinski definition) is 4. The average Bonchev–Trinajstić information content (AvgIpc) is 3.70. The summed E-state index contributed by atoms with van der Waals surface area (Å²) < 4.78 is 12.8. The van der Waals surface area contributed by atoms with Gasteiger partial charge < -0.3 is 35.2 Å². The Hall–Kier alpha value is -3.26. The number of carbonyl (C=O) groups is 1. The number of nitrogens with zero attached hydrogens (tertiary/aromatic N) is 5. The van der Waals surface area contributed by atoms with Gasteiger partial charge in [0.2, 0.25) is 5.95 Å². The molecular formula is C30H45Cl2N9O4. The normalized spacial score (nSPS) is 21.0. The Bertz CT molecular complexity index is 1410. The number of carbonyl (C=O) groups excluding carboxylic acids is 1. The van der Waals surface area contributed by atoms with Gasteiger partial charge in [0.25, 0.3) is 0 Å². The lowest BCUT2D eigenvalue weighted by molar-refractivity contribution is -0.107. The van der Waals surface area contributed by atoms with Crippen molar-refractivity contribution >= 4 is 59.5 Å². The quantitative estimate of drug-likeness (QED) is 0.228. The fourth-order valence-corrected chi connectivity index (χ4v) is 6.41. The molecule has 6 rings (SSSR count). The fourth-order valence-electron chi connectivity index (χ4n) is 6.41. The third-order valence-corrected chi connectivity index (χ3v) is 8.90. The van der Waals surface area contributed by atoms with Gasteiger partial charge in [-0.05, 0) is 63.5 Å². The van der Waals surface area contributed by atoms with Crippen LogP contribution in [-0.2, 0) is 4.84 Å². The van der Waals surface area contributed by atoms with E-state index in [1.54, 1.807) is 37.5 Å². The van der Waals surface area contributed by atoms with Gasteiger partial charge in [-0.25, -0.2) is 9.78 Å².